The number of ether oxygens (including phenoxy) is 1. The first kappa shape index (κ1) is 11.4. The fraction of sp³-hybridized carbons (Fsp3) is 0.0833. The molecule has 0 saturated carbocycles. The number of hydrogen-bond donors (Lipinski definition) is 0. The van der Waals surface area contributed by atoms with Gasteiger partial charge in [0.15, 0.2) is 0 Å². The number of hydrogen-bond acceptors (Lipinski definition) is 2. The number of pyridine rings is 1. The molecule has 0 N–H and O–H groups in total. The van der Waals surface area contributed by atoms with Crippen LogP contribution < -0.4 is 4.74 Å². The Kier molecular flexibility index (Phi) is 3.27. The Morgan fingerprint density at radius 3 is 2.71 bits per heavy atom. The van der Waals surface area contributed by atoms with Gasteiger partial charge < -0.3 is 4.74 Å². The molecule has 5 heteroatoms. The Bertz CT molecular complexity index is 517. The number of halogens is 3. The van der Waals surface area contributed by atoms with Crippen molar-refractivity contribution < 1.29 is 17.9 Å². The lowest BCUT2D eigenvalue weighted by atomic mass is 10.1. The zero-order valence-corrected chi connectivity index (χ0v) is 8.61. The molecule has 0 radical (unpaired) electrons. The first-order chi connectivity index (χ1) is 8.16. The minimum Gasteiger partial charge on any atom is -0.434 e. The van der Waals surface area contributed by atoms with Gasteiger partial charge in [0.25, 0.3) is 0 Å². The van der Waals surface area contributed by atoms with E-state index < -0.39 is 12.4 Å². The Morgan fingerprint density at radius 2 is 2.00 bits per heavy atom. The third-order valence-corrected chi connectivity index (χ3v) is 2.13. The highest BCUT2D eigenvalue weighted by Gasteiger charge is 2.11. The molecule has 0 spiro atoms. The molecule has 2 nitrogen and oxygen atoms in total. The van der Waals surface area contributed by atoms with Gasteiger partial charge in [-0.25, -0.2) is 4.39 Å². The highest BCUT2D eigenvalue weighted by atomic mass is 19.3. The summed E-state index contributed by atoms with van der Waals surface area (Å²) in [4.78, 5) is 3.81. The summed E-state index contributed by atoms with van der Waals surface area (Å²) in [7, 11) is 0. The Hall–Kier alpha value is -2.04. The normalized spacial score (nSPS) is 10.6. The lowest BCUT2D eigenvalue weighted by Crippen LogP contribution is -2.03. The molecular formula is C12H8F3NO. The summed E-state index contributed by atoms with van der Waals surface area (Å²) < 4.78 is 41.7. The largest absolute Gasteiger partial charge is 0.434 e. The van der Waals surface area contributed by atoms with Gasteiger partial charge in [0.1, 0.15) is 11.6 Å². The molecule has 0 amide bonds. The Labute approximate surface area is 95.7 Å². The van der Waals surface area contributed by atoms with E-state index in [1.807, 2.05) is 0 Å². The molecule has 0 unspecified atom stereocenters. The predicted molar refractivity (Wildman–Crippen MR) is 56.3 cm³/mol. The summed E-state index contributed by atoms with van der Waals surface area (Å²) in [6.45, 7) is -2.93. The lowest BCUT2D eigenvalue weighted by Gasteiger charge is -2.09. The van der Waals surface area contributed by atoms with Crippen LogP contribution in [-0.4, -0.2) is 11.6 Å². The van der Waals surface area contributed by atoms with E-state index >= 15 is 0 Å². The molecule has 0 atom stereocenters. The van der Waals surface area contributed by atoms with Crippen molar-refractivity contribution in [1.29, 1.82) is 0 Å². The van der Waals surface area contributed by atoms with E-state index in [0.29, 0.717) is 11.1 Å². The van der Waals surface area contributed by atoms with Gasteiger partial charge in [-0.05, 0) is 23.8 Å². The molecule has 0 saturated heterocycles. The van der Waals surface area contributed by atoms with Crippen molar-refractivity contribution in [1.82, 2.24) is 4.98 Å². The summed E-state index contributed by atoms with van der Waals surface area (Å²) in [6.07, 6.45) is 2.69. The van der Waals surface area contributed by atoms with Crippen molar-refractivity contribution in [2.24, 2.45) is 0 Å². The maximum absolute atomic E-state index is 13.0. The average molecular weight is 239 g/mol. The number of nitrogens with zero attached hydrogens (tertiary/aromatic N) is 1. The van der Waals surface area contributed by atoms with Crippen molar-refractivity contribution >= 4 is 0 Å². The summed E-state index contributed by atoms with van der Waals surface area (Å²) in [6, 6.07) is 6.90. The molecule has 88 valence electrons. The molecule has 1 heterocycles. The molecule has 0 aliphatic carbocycles. The van der Waals surface area contributed by atoms with Crippen LogP contribution in [0.15, 0.2) is 42.7 Å². The van der Waals surface area contributed by atoms with Crippen molar-refractivity contribution in [3.63, 3.8) is 0 Å². The van der Waals surface area contributed by atoms with E-state index in [4.69, 9.17) is 0 Å². The highest BCUT2D eigenvalue weighted by Crippen LogP contribution is 2.30. The van der Waals surface area contributed by atoms with Crippen molar-refractivity contribution in [2.45, 2.75) is 6.61 Å². The second kappa shape index (κ2) is 4.86. The van der Waals surface area contributed by atoms with Gasteiger partial charge in [-0.3, -0.25) is 4.98 Å². The summed E-state index contributed by atoms with van der Waals surface area (Å²) in [5, 5.41) is 0. The number of aromatic nitrogens is 1. The van der Waals surface area contributed by atoms with Gasteiger partial charge in [-0.2, -0.15) is 8.78 Å². The maximum atomic E-state index is 13.0. The van der Waals surface area contributed by atoms with Gasteiger partial charge in [-0.1, -0.05) is 12.1 Å². The fourth-order valence-corrected chi connectivity index (χ4v) is 1.45. The predicted octanol–water partition coefficient (Wildman–Crippen LogP) is 3.49. The molecule has 17 heavy (non-hydrogen) atoms. The van der Waals surface area contributed by atoms with Crippen LogP contribution in [0.4, 0.5) is 13.2 Å². The monoisotopic (exact) mass is 239 g/mol. The topological polar surface area (TPSA) is 22.1 Å². The van der Waals surface area contributed by atoms with Crippen LogP contribution in [0.5, 0.6) is 5.75 Å². The minimum absolute atomic E-state index is 0.0272. The SMILES string of the molecule is Fc1cccc(-c2cnccc2OC(F)F)c1. The quantitative estimate of drug-likeness (QED) is 0.817. The molecule has 1 aromatic heterocycles. The smallest absolute Gasteiger partial charge is 0.387 e. The van der Waals surface area contributed by atoms with E-state index in [1.54, 1.807) is 6.07 Å². The zero-order chi connectivity index (χ0) is 12.3. The van der Waals surface area contributed by atoms with E-state index in [9.17, 15) is 13.2 Å². The van der Waals surface area contributed by atoms with Gasteiger partial charge in [-0.15, -0.1) is 0 Å². The van der Waals surface area contributed by atoms with E-state index in [0.717, 1.165) is 0 Å². The second-order valence-corrected chi connectivity index (χ2v) is 3.26. The van der Waals surface area contributed by atoms with Crippen LogP contribution in [0, 0.1) is 5.82 Å². The van der Waals surface area contributed by atoms with Gasteiger partial charge in [0.05, 0.1) is 0 Å². The van der Waals surface area contributed by atoms with Gasteiger partial charge in [0.2, 0.25) is 0 Å². The van der Waals surface area contributed by atoms with E-state index in [-0.39, 0.29) is 5.75 Å². The van der Waals surface area contributed by atoms with Crippen LogP contribution in [-0.2, 0) is 0 Å². The molecule has 1 aromatic carbocycles. The molecule has 0 fully saturated rings. The summed E-state index contributed by atoms with van der Waals surface area (Å²) in [5.74, 6) is -0.477. The Morgan fingerprint density at radius 1 is 1.18 bits per heavy atom. The molecule has 0 aliphatic heterocycles. The minimum atomic E-state index is -2.93. The third kappa shape index (κ3) is 2.75. The number of rotatable bonds is 3. The van der Waals surface area contributed by atoms with Crippen molar-refractivity contribution in [2.75, 3.05) is 0 Å². The number of benzene rings is 1. The van der Waals surface area contributed by atoms with Crippen LogP contribution in [0.2, 0.25) is 0 Å². The van der Waals surface area contributed by atoms with Crippen LogP contribution in [0.1, 0.15) is 0 Å². The zero-order valence-electron chi connectivity index (χ0n) is 8.61. The molecule has 2 rings (SSSR count). The summed E-state index contributed by atoms with van der Waals surface area (Å²) in [5.41, 5.74) is 0.765. The first-order valence-corrected chi connectivity index (χ1v) is 4.81. The number of alkyl halides is 2. The van der Waals surface area contributed by atoms with Gasteiger partial charge in [0, 0.05) is 18.0 Å². The van der Waals surface area contributed by atoms with E-state index in [1.165, 1.54) is 36.7 Å². The maximum Gasteiger partial charge on any atom is 0.387 e. The van der Waals surface area contributed by atoms with Crippen molar-refractivity contribution in [3.8, 4) is 16.9 Å². The third-order valence-electron chi connectivity index (χ3n) is 2.13. The molecule has 0 bridgehead atoms. The first-order valence-electron chi connectivity index (χ1n) is 4.81. The van der Waals surface area contributed by atoms with E-state index in [2.05, 4.69) is 9.72 Å². The fourth-order valence-electron chi connectivity index (χ4n) is 1.45. The average Bonchev–Trinajstić information content (AvgIpc) is 2.29. The highest BCUT2D eigenvalue weighted by molar-refractivity contribution is 5.69. The van der Waals surface area contributed by atoms with Crippen LogP contribution >= 0.6 is 0 Å². The molecular weight excluding hydrogens is 231 g/mol. The van der Waals surface area contributed by atoms with Crippen LogP contribution in [0.25, 0.3) is 11.1 Å². The summed E-state index contributed by atoms with van der Waals surface area (Å²) >= 11 is 0. The second-order valence-electron chi connectivity index (χ2n) is 3.26. The van der Waals surface area contributed by atoms with Crippen LogP contribution in [0.3, 0.4) is 0 Å². The molecule has 2 aromatic rings. The Balaban J connectivity index is 2.44. The molecule has 0 aliphatic rings. The van der Waals surface area contributed by atoms with Gasteiger partial charge >= 0.3 is 6.61 Å². The lowest BCUT2D eigenvalue weighted by molar-refractivity contribution is -0.0494. The van der Waals surface area contributed by atoms with Crippen molar-refractivity contribution in [3.05, 3.63) is 48.5 Å². The standard InChI is InChI=1S/C12H8F3NO/c13-9-3-1-2-8(6-9)10-7-16-5-4-11(10)17-12(14)15/h1-7,12H.